The van der Waals surface area contributed by atoms with Crippen LogP contribution in [-0.2, 0) is 17.9 Å². The Kier molecular flexibility index (Phi) is 7.75. The molecule has 0 aliphatic heterocycles. The maximum Gasteiger partial charge on any atom is 0.234 e. The van der Waals surface area contributed by atoms with E-state index in [2.05, 4.69) is 10.3 Å². The molecule has 7 nitrogen and oxygen atoms in total. The Labute approximate surface area is 180 Å². The monoisotopic (exact) mass is 427 g/mol. The lowest BCUT2D eigenvalue weighted by atomic mass is 10.2. The van der Waals surface area contributed by atoms with Crippen LogP contribution in [0, 0.1) is 0 Å². The minimum absolute atomic E-state index is 0.156. The van der Waals surface area contributed by atoms with Gasteiger partial charge < -0.3 is 24.5 Å². The number of nitrogens with one attached hydrogen (secondary N) is 1. The second-order valence-electron chi connectivity index (χ2n) is 6.41. The number of imidazole rings is 1. The molecule has 158 valence electrons. The van der Waals surface area contributed by atoms with Crippen molar-refractivity contribution in [3.8, 4) is 11.5 Å². The summed E-state index contributed by atoms with van der Waals surface area (Å²) in [7, 11) is 1.63. The molecule has 30 heavy (non-hydrogen) atoms. The number of ether oxygens (including phenoxy) is 2. The van der Waals surface area contributed by atoms with Crippen LogP contribution in [0.3, 0.4) is 0 Å². The van der Waals surface area contributed by atoms with Gasteiger partial charge in [-0.05, 0) is 36.8 Å². The normalized spacial score (nSPS) is 10.6. The van der Waals surface area contributed by atoms with E-state index in [4.69, 9.17) is 9.47 Å². The molecule has 1 aromatic heterocycles. The Morgan fingerprint density at radius 1 is 1.20 bits per heavy atom. The Bertz CT molecular complexity index is 973. The summed E-state index contributed by atoms with van der Waals surface area (Å²) in [5.74, 6) is 1.46. The van der Waals surface area contributed by atoms with E-state index in [1.54, 1.807) is 13.3 Å². The van der Waals surface area contributed by atoms with Crippen LogP contribution in [0.4, 0.5) is 5.69 Å². The summed E-state index contributed by atoms with van der Waals surface area (Å²) >= 11 is 1.32. The number of para-hydroxylation sites is 2. The zero-order valence-corrected chi connectivity index (χ0v) is 17.8. The van der Waals surface area contributed by atoms with Gasteiger partial charge >= 0.3 is 0 Å². The Balaban J connectivity index is 1.66. The molecule has 0 saturated carbocycles. The summed E-state index contributed by atoms with van der Waals surface area (Å²) < 4.78 is 12.7. The lowest BCUT2D eigenvalue weighted by Gasteiger charge is -2.11. The van der Waals surface area contributed by atoms with Crippen LogP contribution >= 0.6 is 11.8 Å². The second-order valence-corrected chi connectivity index (χ2v) is 7.36. The van der Waals surface area contributed by atoms with Gasteiger partial charge in [0, 0.05) is 12.7 Å². The SMILES string of the molecule is CCOc1ccccc1NC(=O)CSc1nc(CO)cn1Cc1ccc(OC)cc1. The highest BCUT2D eigenvalue weighted by Gasteiger charge is 2.13. The maximum atomic E-state index is 12.5. The van der Waals surface area contributed by atoms with Crippen molar-refractivity contribution in [1.29, 1.82) is 0 Å². The molecule has 2 aromatic carbocycles. The highest BCUT2D eigenvalue weighted by molar-refractivity contribution is 7.99. The zero-order chi connectivity index (χ0) is 21.3. The van der Waals surface area contributed by atoms with Gasteiger partial charge in [-0.15, -0.1) is 0 Å². The summed E-state index contributed by atoms with van der Waals surface area (Å²) in [5, 5.41) is 13.0. The molecule has 0 aliphatic rings. The minimum Gasteiger partial charge on any atom is -0.497 e. The number of carbonyl (C=O) groups is 1. The molecule has 0 fully saturated rings. The molecule has 3 rings (SSSR count). The van der Waals surface area contributed by atoms with E-state index in [9.17, 15) is 9.90 Å². The van der Waals surface area contributed by atoms with Crippen molar-refractivity contribution in [2.24, 2.45) is 0 Å². The fraction of sp³-hybridized carbons (Fsp3) is 0.273. The maximum absolute atomic E-state index is 12.5. The molecule has 1 amide bonds. The Hall–Kier alpha value is -2.97. The van der Waals surface area contributed by atoms with Crippen LogP contribution in [0.2, 0.25) is 0 Å². The summed E-state index contributed by atoms with van der Waals surface area (Å²) in [6.07, 6.45) is 1.80. The molecule has 2 N–H and O–H groups in total. The predicted octanol–water partition coefficient (Wildman–Crippen LogP) is 3.56. The van der Waals surface area contributed by atoms with Crippen LogP contribution in [0.15, 0.2) is 59.9 Å². The van der Waals surface area contributed by atoms with Crippen molar-refractivity contribution in [3.63, 3.8) is 0 Å². The van der Waals surface area contributed by atoms with Gasteiger partial charge in [-0.1, -0.05) is 36.0 Å². The van der Waals surface area contributed by atoms with Gasteiger partial charge in [0.1, 0.15) is 11.5 Å². The summed E-state index contributed by atoms with van der Waals surface area (Å²) in [4.78, 5) is 16.9. The molecule has 8 heteroatoms. The van der Waals surface area contributed by atoms with E-state index in [0.29, 0.717) is 35.4 Å². The number of aliphatic hydroxyl groups excluding tert-OH is 1. The quantitative estimate of drug-likeness (QED) is 0.481. The number of methoxy groups -OCH3 is 1. The van der Waals surface area contributed by atoms with Gasteiger partial charge in [0.15, 0.2) is 5.16 Å². The third-order valence-electron chi connectivity index (χ3n) is 4.26. The lowest BCUT2D eigenvalue weighted by Crippen LogP contribution is -2.15. The largest absolute Gasteiger partial charge is 0.497 e. The number of aromatic nitrogens is 2. The third kappa shape index (κ3) is 5.77. The summed E-state index contributed by atoms with van der Waals surface area (Å²) in [6, 6.07) is 15.1. The second kappa shape index (κ2) is 10.7. The topological polar surface area (TPSA) is 85.6 Å². The molecule has 1 heterocycles. The number of nitrogens with zero attached hydrogens (tertiary/aromatic N) is 2. The van der Waals surface area contributed by atoms with Gasteiger partial charge in [0.25, 0.3) is 0 Å². The Morgan fingerprint density at radius 2 is 1.97 bits per heavy atom. The molecule has 0 spiro atoms. The standard InChI is InChI=1S/C22H25N3O4S/c1-3-29-20-7-5-4-6-19(20)24-21(27)15-30-22-23-17(14-26)13-25(22)12-16-8-10-18(28-2)11-9-16/h4-11,13,26H,3,12,14-15H2,1-2H3,(H,24,27). The van der Waals surface area contributed by atoms with Crippen LogP contribution in [0.5, 0.6) is 11.5 Å². The van der Waals surface area contributed by atoms with Crippen LogP contribution < -0.4 is 14.8 Å². The van der Waals surface area contributed by atoms with Crippen LogP contribution in [0.25, 0.3) is 0 Å². The van der Waals surface area contributed by atoms with E-state index < -0.39 is 0 Å². The first-order valence-electron chi connectivity index (χ1n) is 9.57. The average molecular weight is 428 g/mol. The summed E-state index contributed by atoms with van der Waals surface area (Å²) in [6.45, 7) is 2.84. The van der Waals surface area contributed by atoms with E-state index in [0.717, 1.165) is 11.3 Å². The lowest BCUT2D eigenvalue weighted by molar-refractivity contribution is -0.113. The molecule has 0 atom stereocenters. The highest BCUT2D eigenvalue weighted by Crippen LogP contribution is 2.25. The smallest absolute Gasteiger partial charge is 0.234 e. The van der Waals surface area contributed by atoms with E-state index >= 15 is 0 Å². The fourth-order valence-corrected chi connectivity index (χ4v) is 3.65. The van der Waals surface area contributed by atoms with Gasteiger partial charge in [-0.3, -0.25) is 4.79 Å². The Morgan fingerprint density at radius 3 is 2.67 bits per heavy atom. The molecule has 0 aliphatic carbocycles. The van der Waals surface area contributed by atoms with Gasteiger partial charge in [0.05, 0.1) is 37.5 Å². The summed E-state index contributed by atoms with van der Waals surface area (Å²) in [5.41, 5.74) is 2.27. The fourth-order valence-electron chi connectivity index (χ4n) is 2.85. The van der Waals surface area contributed by atoms with E-state index in [-0.39, 0.29) is 18.3 Å². The van der Waals surface area contributed by atoms with Gasteiger partial charge in [-0.2, -0.15) is 0 Å². The van der Waals surface area contributed by atoms with Crippen molar-refractivity contribution >= 4 is 23.4 Å². The van der Waals surface area contributed by atoms with E-state index in [1.165, 1.54) is 11.8 Å². The molecular weight excluding hydrogens is 402 g/mol. The third-order valence-corrected chi connectivity index (χ3v) is 5.25. The number of hydrogen-bond acceptors (Lipinski definition) is 6. The van der Waals surface area contributed by atoms with E-state index in [1.807, 2.05) is 60.0 Å². The van der Waals surface area contributed by atoms with Gasteiger partial charge in [0.2, 0.25) is 5.91 Å². The number of anilines is 1. The first-order chi connectivity index (χ1) is 14.6. The molecular formula is C22H25N3O4S. The molecule has 0 radical (unpaired) electrons. The molecule has 3 aromatic rings. The number of thioether (sulfide) groups is 1. The van der Waals surface area contributed by atoms with Crippen molar-refractivity contribution < 1.29 is 19.4 Å². The predicted molar refractivity (Wildman–Crippen MR) is 117 cm³/mol. The van der Waals surface area contributed by atoms with Crippen molar-refractivity contribution in [3.05, 3.63) is 66.0 Å². The number of hydrogen-bond donors (Lipinski definition) is 2. The number of carbonyl (C=O) groups excluding carboxylic acids is 1. The average Bonchev–Trinajstić information content (AvgIpc) is 3.16. The molecule has 0 saturated heterocycles. The molecule has 0 bridgehead atoms. The number of amides is 1. The number of rotatable bonds is 10. The minimum atomic E-state index is -0.156. The van der Waals surface area contributed by atoms with Crippen LogP contribution in [0.1, 0.15) is 18.2 Å². The van der Waals surface area contributed by atoms with Crippen molar-refractivity contribution in [1.82, 2.24) is 9.55 Å². The first kappa shape index (κ1) is 21.7. The highest BCUT2D eigenvalue weighted by atomic mass is 32.2. The zero-order valence-electron chi connectivity index (χ0n) is 17.0. The molecule has 0 unspecified atom stereocenters. The van der Waals surface area contributed by atoms with Crippen LogP contribution in [-0.4, -0.2) is 40.0 Å². The van der Waals surface area contributed by atoms with Crippen molar-refractivity contribution in [2.45, 2.75) is 25.2 Å². The van der Waals surface area contributed by atoms with Gasteiger partial charge in [-0.25, -0.2) is 4.98 Å². The van der Waals surface area contributed by atoms with Crippen molar-refractivity contribution in [2.75, 3.05) is 24.8 Å². The first-order valence-corrected chi connectivity index (χ1v) is 10.6. The number of aliphatic hydroxyl groups is 1. The number of benzene rings is 2.